The van der Waals surface area contributed by atoms with Gasteiger partial charge in [0.25, 0.3) is 0 Å². The highest BCUT2D eigenvalue weighted by Crippen LogP contribution is 2.47. The van der Waals surface area contributed by atoms with E-state index in [4.69, 9.17) is 0 Å². The van der Waals surface area contributed by atoms with Crippen molar-refractivity contribution in [2.75, 3.05) is 0 Å². The fraction of sp³-hybridized carbons (Fsp3) is 0. The van der Waals surface area contributed by atoms with E-state index in [-0.39, 0.29) is 0 Å². The van der Waals surface area contributed by atoms with Crippen LogP contribution in [-0.2, 0) is 0 Å². The molecule has 0 aliphatic rings. The van der Waals surface area contributed by atoms with Gasteiger partial charge in [0, 0.05) is 59.2 Å². The Morgan fingerprint density at radius 1 is 0.288 bits per heavy atom. The molecule has 242 valence electrons. The van der Waals surface area contributed by atoms with Crippen LogP contribution in [0.5, 0.6) is 0 Å². The third-order valence-corrected chi connectivity index (χ3v) is 12.2. The summed E-state index contributed by atoms with van der Waals surface area (Å²) in [6.45, 7) is 0. The van der Waals surface area contributed by atoms with Gasteiger partial charge < -0.3 is 13.7 Å². The second kappa shape index (κ2) is 10.5. The molecular weight excluding hydrogens is 651 g/mol. The van der Waals surface area contributed by atoms with Gasteiger partial charge in [-0.1, -0.05) is 127 Å². The van der Waals surface area contributed by atoms with E-state index in [1.807, 2.05) is 11.3 Å². The summed E-state index contributed by atoms with van der Waals surface area (Å²) >= 11 is 1.89. The van der Waals surface area contributed by atoms with Gasteiger partial charge >= 0.3 is 0 Å². The Kier molecular flexibility index (Phi) is 5.65. The maximum atomic E-state index is 2.55. The van der Waals surface area contributed by atoms with Gasteiger partial charge in [-0.3, -0.25) is 0 Å². The molecule has 12 rings (SSSR count). The monoisotopic (exact) mass is 679 g/mol. The molecule has 12 aromatic rings. The van der Waals surface area contributed by atoms with E-state index in [0.29, 0.717) is 0 Å². The molecule has 4 heterocycles. The topological polar surface area (TPSA) is 14.8 Å². The number of nitrogens with zero attached hydrogens (tertiary/aromatic N) is 3. The molecule has 0 bridgehead atoms. The number of thiophene rings is 1. The van der Waals surface area contributed by atoms with Gasteiger partial charge in [-0.25, -0.2) is 0 Å². The van der Waals surface area contributed by atoms with Crippen LogP contribution >= 0.6 is 11.3 Å². The van der Waals surface area contributed by atoms with Crippen LogP contribution in [0, 0.1) is 0 Å². The minimum Gasteiger partial charge on any atom is -0.307 e. The van der Waals surface area contributed by atoms with E-state index in [2.05, 4.69) is 190 Å². The number of aromatic nitrogens is 3. The molecule has 0 spiro atoms. The summed E-state index contributed by atoms with van der Waals surface area (Å²) in [6, 6.07) is 64.5. The Morgan fingerprint density at radius 3 is 1.37 bits per heavy atom. The van der Waals surface area contributed by atoms with Crippen LogP contribution in [-0.4, -0.2) is 13.7 Å². The van der Waals surface area contributed by atoms with Crippen LogP contribution < -0.4 is 0 Å². The molecule has 0 saturated heterocycles. The van der Waals surface area contributed by atoms with Crippen molar-refractivity contribution in [1.82, 2.24) is 13.7 Å². The molecule has 3 nitrogen and oxygen atoms in total. The van der Waals surface area contributed by atoms with Crippen molar-refractivity contribution in [1.29, 1.82) is 0 Å². The third-order valence-electron chi connectivity index (χ3n) is 11.0. The minimum atomic E-state index is 1.14. The van der Waals surface area contributed by atoms with Gasteiger partial charge in [-0.15, -0.1) is 11.3 Å². The molecule has 0 fully saturated rings. The van der Waals surface area contributed by atoms with Crippen molar-refractivity contribution in [2.45, 2.75) is 0 Å². The molecule has 0 aliphatic heterocycles. The lowest BCUT2D eigenvalue weighted by atomic mass is 10.1. The SMILES string of the molecule is c1ccc(-n2c3ccccc3c3ccc4c5ccc6c7ccccc7n(-c7cccc8c7sc7ccccc78)c6c5n(-c5ccccc5)c4c32)cc1. The summed E-state index contributed by atoms with van der Waals surface area (Å²) in [5.41, 5.74) is 10.8. The van der Waals surface area contributed by atoms with Gasteiger partial charge in [0.05, 0.1) is 43.5 Å². The Morgan fingerprint density at radius 2 is 0.731 bits per heavy atom. The molecule has 8 aromatic carbocycles. The Hall–Kier alpha value is -6.62. The number of hydrogen-bond donors (Lipinski definition) is 0. The highest BCUT2D eigenvalue weighted by atomic mass is 32.1. The summed E-state index contributed by atoms with van der Waals surface area (Å²) in [5.74, 6) is 0. The van der Waals surface area contributed by atoms with E-state index in [1.165, 1.54) is 91.3 Å². The molecule has 0 saturated carbocycles. The maximum absolute atomic E-state index is 2.55. The van der Waals surface area contributed by atoms with Crippen LogP contribution in [0.1, 0.15) is 0 Å². The number of fused-ring (bicyclic) bond motifs is 14. The zero-order chi connectivity index (χ0) is 33.9. The normalized spacial score (nSPS) is 12.2. The summed E-state index contributed by atoms with van der Waals surface area (Å²) in [6.07, 6.45) is 0. The van der Waals surface area contributed by atoms with Crippen LogP contribution in [0.15, 0.2) is 176 Å². The van der Waals surface area contributed by atoms with Crippen molar-refractivity contribution in [3.63, 3.8) is 0 Å². The van der Waals surface area contributed by atoms with Crippen molar-refractivity contribution >= 4 is 96.9 Å². The van der Waals surface area contributed by atoms with Crippen molar-refractivity contribution < 1.29 is 0 Å². The van der Waals surface area contributed by atoms with Crippen molar-refractivity contribution in [3.8, 4) is 17.1 Å². The molecule has 0 amide bonds. The third kappa shape index (κ3) is 3.64. The Balaban J connectivity index is 1.36. The number of para-hydroxylation sites is 4. The summed E-state index contributed by atoms with van der Waals surface area (Å²) in [7, 11) is 0. The van der Waals surface area contributed by atoms with Gasteiger partial charge in [-0.05, 0) is 48.5 Å². The van der Waals surface area contributed by atoms with E-state index < -0.39 is 0 Å². The van der Waals surface area contributed by atoms with Gasteiger partial charge in [0.15, 0.2) is 0 Å². The van der Waals surface area contributed by atoms with Crippen LogP contribution in [0.2, 0.25) is 0 Å². The molecule has 4 aromatic heterocycles. The van der Waals surface area contributed by atoms with Crippen LogP contribution in [0.4, 0.5) is 0 Å². The Labute approximate surface area is 302 Å². The zero-order valence-electron chi connectivity index (χ0n) is 28.0. The first-order valence-electron chi connectivity index (χ1n) is 17.8. The second-order valence-corrected chi connectivity index (χ2v) is 14.7. The zero-order valence-corrected chi connectivity index (χ0v) is 28.8. The first-order chi connectivity index (χ1) is 25.8. The fourth-order valence-corrected chi connectivity index (χ4v) is 10.1. The van der Waals surface area contributed by atoms with E-state index in [0.717, 1.165) is 11.4 Å². The van der Waals surface area contributed by atoms with Crippen LogP contribution in [0.25, 0.3) is 103 Å². The molecule has 4 heteroatoms. The number of benzene rings is 8. The lowest BCUT2D eigenvalue weighted by Gasteiger charge is -2.14. The first kappa shape index (κ1) is 28.1. The molecular formula is C48H29N3S. The summed E-state index contributed by atoms with van der Waals surface area (Å²) in [4.78, 5) is 0. The van der Waals surface area contributed by atoms with E-state index in [1.54, 1.807) is 0 Å². The standard InChI is InChI=1S/C48H29N3S/c1-3-14-30(15-4-1)49-40-22-10-7-18-32(40)35-26-28-37-38-29-27-36-33-19-8-11-23-41(33)51(42-24-13-21-39-34-20-9-12-25-43(34)52-48(39)42)47(36)46(38)50(45(37)44(35)49)31-16-5-2-6-17-31/h1-29H. The average molecular weight is 680 g/mol. The quantitative estimate of drug-likeness (QED) is 0.177. The highest BCUT2D eigenvalue weighted by molar-refractivity contribution is 7.26. The predicted octanol–water partition coefficient (Wildman–Crippen LogP) is 13.3. The Bertz CT molecular complexity index is 3390. The largest absolute Gasteiger partial charge is 0.307 e. The second-order valence-electron chi connectivity index (χ2n) is 13.7. The fourth-order valence-electron chi connectivity index (χ4n) is 8.92. The summed E-state index contributed by atoms with van der Waals surface area (Å²) < 4.78 is 10.2. The summed E-state index contributed by atoms with van der Waals surface area (Å²) in [5, 5.41) is 10.1. The molecule has 0 unspecified atom stereocenters. The average Bonchev–Trinajstić information content (AvgIpc) is 3.95. The molecule has 0 radical (unpaired) electrons. The molecule has 0 aliphatic carbocycles. The van der Waals surface area contributed by atoms with Crippen molar-refractivity contribution in [2.24, 2.45) is 0 Å². The number of hydrogen-bond acceptors (Lipinski definition) is 1. The molecule has 0 atom stereocenters. The van der Waals surface area contributed by atoms with Crippen LogP contribution in [0.3, 0.4) is 0 Å². The molecule has 52 heavy (non-hydrogen) atoms. The van der Waals surface area contributed by atoms with Gasteiger partial charge in [0.1, 0.15) is 0 Å². The first-order valence-corrected chi connectivity index (χ1v) is 18.6. The number of rotatable bonds is 3. The lowest BCUT2D eigenvalue weighted by molar-refractivity contribution is 1.14. The lowest BCUT2D eigenvalue weighted by Crippen LogP contribution is -2.00. The maximum Gasteiger partial charge on any atom is 0.0789 e. The van der Waals surface area contributed by atoms with Gasteiger partial charge in [0.2, 0.25) is 0 Å². The minimum absolute atomic E-state index is 1.14. The van der Waals surface area contributed by atoms with Crippen molar-refractivity contribution in [3.05, 3.63) is 176 Å². The smallest absolute Gasteiger partial charge is 0.0789 e. The predicted molar refractivity (Wildman–Crippen MR) is 222 cm³/mol. The van der Waals surface area contributed by atoms with E-state index in [9.17, 15) is 0 Å². The van der Waals surface area contributed by atoms with E-state index >= 15 is 0 Å². The highest BCUT2D eigenvalue weighted by Gasteiger charge is 2.25. The van der Waals surface area contributed by atoms with Gasteiger partial charge in [-0.2, -0.15) is 0 Å². The molecule has 0 N–H and O–H groups in total.